The third kappa shape index (κ3) is 4.14. The largest absolute Gasteiger partial charge is 0.393 e. The van der Waals surface area contributed by atoms with Gasteiger partial charge in [0.25, 0.3) is 5.91 Å². The summed E-state index contributed by atoms with van der Waals surface area (Å²) in [6, 6.07) is 7.15. The van der Waals surface area contributed by atoms with Crippen LogP contribution in [0.25, 0.3) is 11.4 Å². The van der Waals surface area contributed by atoms with Crippen molar-refractivity contribution in [1.29, 1.82) is 0 Å². The summed E-state index contributed by atoms with van der Waals surface area (Å²) in [4.78, 5) is 16.2. The Morgan fingerprint density at radius 3 is 2.55 bits per heavy atom. The SMILES string of the molecule is CC(C)C(O)CCNC(=O)c1ccc(-c2ncn(C)n2)cc1. The normalized spacial score (nSPS) is 12.4. The van der Waals surface area contributed by atoms with Crippen LogP contribution in [0.2, 0.25) is 0 Å². The molecule has 1 aromatic heterocycles. The lowest BCUT2D eigenvalue weighted by Crippen LogP contribution is -2.28. The van der Waals surface area contributed by atoms with Crippen LogP contribution in [0.5, 0.6) is 0 Å². The van der Waals surface area contributed by atoms with Gasteiger partial charge in [-0.2, -0.15) is 5.10 Å². The van der Waals surface area contributed by atoms with Crippen LogP contribution in [0, 0.1) is 5.92 Å². The second-order valence-electron chi connectivity index (χ2n) is 5.68. The molecule has 0 aliphatic rings. The van der Waals surface area contributed by atoms with Gasteiger partial charge in [0.2, 0.25) is 0 Å². The molecule has 0 fully saturated rings. The predicted molar refractivity (Wildman–Crippen MR) is 84.2 cm³/mol. The van der Waals surface area contributed by atoms with E-state index in [0.717, 1.165) is 5.56 Å². The summed E-state index contributed by atoms with van der Waals surface area (Å²) < 4.78 is 1.63. The number of aromatic nitrogens is 3. The van der Waals surface area contributed by atoms with E-state index in [2.05, 4.69) is 15.4 Å². The monoisotopic (exact) mass is 302 g/mol. The summed E-state index contributed by atoms with van der Waals surface area (Å²) in [5, 5.41) is 16.7. The molecule has 0 bridgehead atoms. The fourth-order valence-corrected chi connectivity index (χ4v) is 2.01. The molecule has 1 heterocycles. The topological polar surface area (TPSA) is 80.0 Å². The van der Waals surface area contributed by atoms with Crippen molar-refractivity contribution in [3.05, 3.63) is 36.2 Å². The summed E-state index contributed by atoms with van der Waals surface area (Å²) in [7, 11) is 1.81. The van der Waals surface area contributed by atoms with Crippen LogP contribution in [0.1, 0.15) is 30.6 Å². The average molecular weight is 302 g/mol. The van der Waals surface area contributed by atoms with Gasteiger partial charge in [0.15, 0.2) is 5.82 Å². The highest BCUT2D eigenvalue weighted by Crippen LogP contribution is 2.15. The highest BCUT2D eigenvalue weighted by molar-refractivity contribution is 5.94. The first-order valence-electron chi connectivity index (χ1n) is 7.39. The van der Waals surface area contributed by atoms with Crippen molar-refractivity contribution in [2.45, 2.75) is 26.4 Å². The number of amides is 1. The lowest BCUT2D eigenvalue weighted by Gasteiger charge is -2.14. The van der Waals surface area contributed by atoms with E-state index >= 15 is 0 Å². The quantitative estimate of drug-likeness (QED) is 0.849. The number of hydrogen-bond donors (Lipinski definition) is 2. The van der Waals surface area contributed by atoms with Gasteiger partial charge in [-0.15, -0.1) is 0 Å². The Bertz CT molecular complexity index is 619. The van der Waals surface area contributed by atoms with Crippen molar-refractivity contribution in [3.63, 3.8) is 0 Å². The first-order chi connectivity index (χ1) is 10.5. The molecule has 1 atom stereocenters. The molecule has 0 aliphatic carbocycles. The number of nitrogens with one attached hydrogen (secondary N) is 1. The van der Waals surface area contributed by atoms with Gasteiger partial charge in [-0.1, -0.05) is 26.0 Å². The second-order valence-corrected chi connectivity index (χ2v) is 5.68. The molecule has 0 saturated heterocycles. The Morgan fingerprint density at radius 1 is 1.32 bits per heavy atom. The van der Waals surface area contributed by atoms with Crippen molar-refractivity contribution in [2.75, 3.05) is 6.54 Å². The van der Waals surface area contributed by atoms with Gasteiger partial charge >= 0.3 is 0 Å². The lowest BCUT2D eigenvalue weighted by molar-refractivity contribution is 0.0920. The van der Waals surface area contributed by atoms with Crippen molar-refractivity contribution in [1.82, 2.24) is 20.1 Å². The number of hydrogen-bond acceptors (Lipinski definition) is 4. The molecule has 0 radical (unpaired) electrons. The number of aryl methyl sites for hydroxylation is 1. The zero-order valence-electron chi connectivity index (χ0n) is 13.2. The summed E-state index contributed by atoms with van der Waals surface area (Å²) >= 11 is 0. The zero-order chi connectivity index (χ0) is 16.1. The standard InChI is InChI=1S/C16H22N4O2/c1-11(2)14(21)8-9-17-16(22)13-6-4-12(5-7-13)15-18-10-20(3)19-15/h4-7,10-11,14,21H,8-9H2,1-3H3,(H,17,22). The number of rotatable bonds is 6. The first kappa shape index (κ1) is 16.2. The molecule has 6 heteroatoms. The summed E-state index contributed by atoms with van der Waals surface area (Å²) in [5.41, 5.74) is 1.45. The van der Waals surface area contributed by atoms with Crippen LogP contribution in [0.4, 0.5) is 0 Å². The maximum Gasteiger partial charge on any atom is 0.251 e. The van der Waals surface area contributed by atoms with E-state index in [1.807, 2.05) is 33.0 Å². The van der Waals surface area contributed by atoms with Crippen LogP contribution in [-0.4, -0.2) is 38.4 Å². The zero-order valence-corrected chi connectivity index (χ0v) is 13.2. The van der Waals surface area contributed by atoms with Crippen molar-refractivity contribution < 1.29 is 9.90 Å². The Morgan fingerprint density at radius 2 is 2.00 bits per heavy atom. The van der Waals surface area contributed by atoms with Crippen molar-refractivity contribution in [3.8, 4) is 11.4 Å². The molecule has 2 aromatic rings. The summed E-state index contributed by atoms with van der Waals surface area (Å²) in [6.07, 6.45) is 1.80. The van der Waals surface area contributed by atoms with Gasteiger partial charge in [0, 0.05) is 24.7 Å². The smallest absolute Gasteiger partial charge is 0.251 e. The fourth-order valence-electron chi connectivity index (χ4n) is 2.01. The van der Waals surface area contributed by atoms with E-state index < -0.39 is 6.10 Å². The van der Waals surface area contributed by atoms with E-state index in [1.165, 1.54) is 0 Å². The van der Waals surface area contributed by atoms with E-state index in [4.69, 9.17) is 0 Å². The molecule has 2 rings (SSSR count). The first-order valence-corrected chi connectivity index (χ1v) is 7.39. The Balaban J connectivity index is 1.91. The molecular weight excluding hydrogens is 280 g/mol. The molecule has 1 aromatic carbocycles. The van der Waals surface area contributed by atoms with Gasteiger partial charge < -0.3 is 10.4 Å². The Hall–Kier alpha value is -2.21. The fraction of sp³-hybridized carbons (Fsp3) is 0.438. The number of benzene rings is 1. The van der Waals surface area contributed by atoms with E-state index in [9.17, 15) is 9.90 Å². The van der Waals surface area contributed by atoms with Crippen LogP contribution in [0.15, 0.2) is 30.6 Å². The number of aliphatic hydroxyl groups is 1. The average Bonchev–Trinajstić information content (AvgIpc) is 2.93. The summed E-state index contributed by atoms with van der Waals surface area (Å²) in [6.45, 7) is 4.37. The van der Waals surface area contributed by atoms with Gasteiger partial charge in [0.05, 0.1) is 6.10 Å². The third-order valence-corrected chi connectivity index (χ3v) is 3.50. The van der Waals surface area contributed by atoms with E-state index in [-0.39, 0.29) is 11.8 Å². The second kappa shape index (κ2) is 7.17. The van der Waals surface area contributed by atoms with Crippen LogP contribution >= 0.6 is 0 Å². The molecule has 2 N–H and O–H groups in total. The number of carbonyl (C=O) groups excluding carboxylic acids is 1. The Labute approximate surface area is 130 Å². The predicted octanol–water partition coefficient (Wildman–Crippen LogP) is 1.62. The molecule has 1 unspecified atom stereocenters. The van der Waals surface area contributed by atoms with Crippen molar-refractivity contribution >= 4 is 5.91 Å². The van der Waals surface area contributed by atoms with Gasteiger partial charge in [-0.05, 0) is 24.5 Å². The highest BCUT2D eigenvalue weighted by Gasteiger charge is 2.11. The van der Waals surface area contributed by atoms with E-state index in [1.54, 1.807) is 23.1 Å². The molecule has 22 heavy (non-hydrogen) atoms. The lowest BCUT2D eigenvalue weighted by atomic mass is 10.0. The minimum Gasteiger partial charge on any atom is -0.393 e. The molecule has 0 saturated carbocycles. The number of aliphatic hydroxyl groups excluding tert-OH is 1. The molecule has 6 nitrogen and oxygen atoms in total. The molecular formula is C16H22N4O2. The van der Waals surface area contributed by atoms with Crippen LogP contribution in [0.3, 0.4) is 0 Å². The summed E-state index contributed by atoms with van der Waals surface area (Å²) in [5.74, 6) is 0.688. The van der Waals surface area contributed by atoms with Crippen molar-refractivity contribution in [2.24, 2.45) is 13.0 Å². The third-order valence-electron chi connectivity index (χ3n) is 3.50. The molecule has 118 valence electrons. The van der Waals surface area contributed by atoms with Gasteiger partial charge in [0.1, 0.15) is 6.33 Å². The minimum absolute atomic E-state index is 0.142. The van der Waals surface area contributed by atoms with Crippen LogP contribution in [-0.2, 0) is 7.05 Å². The highest BCUT2D eigenvalue weighted by atomic mass is 16.3. The van der Waals surface area contributed by atoms with Gasteiger partial charge in [-0.3, -0.25) is 9.48 Å². The molecule has 1 amide bonds. The molecule has 0 spiro atoms. The van der Waals surface area contributed by atoms with Crippen LogP contribution < -0.4 is 5.32 Å². The molecule has 0 aliphatic heterocycles. The maximum absolute atomic E-state index is 12.0. The Kier molecular flexibility index (Phi) is 5.27. The van der Waals surface area contributed by atoms with E-state index in [0.29, 0.717) is 24.4 Å². The minimum atomic E-state index is -0.391. The van der Waals surface area contributed by atoms with Gasteiger partial charge in [-0.25, -0.2) is 4.98 Å². The maximum atomic E-state index is 12.0. The number of carbonyl (C=O) groups is 1. The number of nitrogens with zero attached hydrogens (tertiary/aromatic N) is 3.